The highest BCUT2D eigenvalue weighted by molar-refractivity contribution is 5.84. The van der Waals surface area contributed by atoms with Crippen molar-refractivity contribution in [2.24, 2.45) is 0 Å². The van der Waals surface area contributed by atoms with E-state index in [1.807, 2.05) is 0 Å². The Morgan fingerprint density at radius 3 is 2.77 bits per heavy atom. The van der Waals surface area contributed by atoms with Gasteiger partial charge < -0.3 is 15.4 Å². The van der Waals surface area contributed by atoms with E-state index in [1.165, 1.54) is 0 Å². The Balaban J connectivity index is 2.39. The number of carbonyl (C=O) groups is 1. The Labute approximate surface area is 79.0 Å². The quantitative estimate of drug-likeness (QED) is 0.646. The fraction of sp³-hybridized carbons (Fsp3) is 0.889. The average Bonchev–Trinajstić information content (AvgIpc) is 2.57. The first kappa shape index (κ1) is 10.5. The van der Waals surface area contributed by atoms with Crippen LogP contribution in [-0.2, 0) is 9.53 Å². The molecule has 4 heteroatoms. The molecule has 4 nitrogen and oxygen atoms in total. The van der Waals surface area contributed by atoms with E-state index >= 15 is 0 Å². The molecule has 1 amide bonds. The number of rotatable bonds is 3. The van der Waals surface area contributed by atoms with Gasteiger partial charge in [-0.2, -0.15) is 0 Å². The molecule has 1 saturated heterocycles. The second-order valence-electron chi connectivity index (χ2n) is 3.88. The van der Waals surface area contributed by atoms with Crippen LogP contribution in [0.1, 0.15) is 20.3 Å². The van der Waals surface area contributed by atoms with E-state index in [0.717, 1.165) is 19.5 Å². The highest BCUT2D eigenvalue weighted by atomic mass is 16.5. The lowest BCUT2D eigenvalue weighted by atomic mass is 10.1. The van der Waals surface area contributed by atoms with Crippen LogP contribution in [0.15, 0.2) is 0 Å². The minimum atomic E-state index is -0.720. The monoisotopic (exact) mass is 186 g/mol. The third-order valence-electron chi connectivity index (χ3n) is 2.45. The molecule has 1 unspecified atom stereocenters. The molecule has 1 aliphatic heterocycles. The van der Waals surface area contributed by atoms with Crippen molar-refractivity contribution in [1.29, 1.82) is 0 Å². The summed E-state index contributed by atoms with van der Waals surface area (Å²) in [5.74, 6) is -0.0382. The van der Waals surface area contributed by atoms with Crippen molar-refractivity contribution in [1.82, 2.24) is 10.6 Å². The van der Waals surface area contributed by atoms with Crippen LogP contribution in [0.4, 0.5) is 0 Å². The lowest BCUT2D eigenvalue weighted by Crippen LogP contribution is -2.48. The molecule has 1 fully saturated rings. The molecule has 0 saturated carbocycles. The summed E-state index contributed by atoms with van der Waals surface area (Å²) < 4.78 is 5.08. The van der Waals surface area contributed by atoms with E-state index < -0.39 is 5.60 Å². The van der Waals surface area contributed by atoms with E-state index in [4.69, 9.17) is 4.74 Å². The zero-order chi connectivity index (χ0) is 9.90. The van der Waals surface area contributed by atoms with Crippen molar-refractivity contribution in [2.75, 3.05) is 20.2 Å². The predicted molar refractivity (Wildman–Crippen MR) is 50.5 cm³/mol. The SMILES string of the molecule is COC(C)(C)C(=O)NC1CCNC1. The number of carbonyl (C=O) groups excluding carboxylic acids is 1. The maximum Gasteiger partial charge on any atom is 0.251 e. The van der Waals surface area contributed by atoms with Gasteiger partial charge in [0.2, 0.25) is 0 Å². The fourth-order valence-corrected chi connectivity index (χ4v) is 1.23. The zero-order valence-electron chi connectivity index (χ0n) is 8.52. The lowest BCUT2D eigenvalue weighted by Gasteiger charge is -2.23. The van der Waals surface area contributed by atoms with Crippen molar-refractivity contribution < 1.29 is 9.53 Å². The lowest BCUT2D eigenvalue weighted by molar-refractivity contribution is -0.140. The van der Waals surface area contributed by atoms with E-state index in [9.17, 15) is 4.79 Å². The van der Waals surface area contributed by atoms with E-state index in [2.05, 4.69) is 10.6 Å². The van der Waals surface area contributed by atoms with Gasteiger partial charge in [0.25, 0.3) is 5.91 Å². The van der Waals surface area contributed by atoms with Crippen molar-refractivity contribution >= 4 is 5.91 Å². The molecule has 2 N–H and O–H groups in total. The van der Waals surface area contributed by atoms with E-state index in [1.54, 1.807) is 21.0 Å². The molecule has 76 valence electrons. The van der Waals surface area contributed by atoms with Crippen LogP contribution in [-0.4, -0.2) is 37.7 Å². The topological polar surface area (TPSA) is 50.4 Å². The minimum absolute atomic E-state index is 0.0382. The maximum absolute atomic E-state index is 11.6. The van der Waals surface area contributed by atoms with Crippen LogP contribution in [0.25, 0.3) is 0 Å². The minimum Gasteiger partial charge on any atom is -0.369 e. The summed E-state index contributed by atoms with van der Waals surface area (Å²) >= 11 is 0. The Hall–Kier alpha value is -0.610. The summed E-state index contributed by atoms with van der Waals surface area (Å²) in [4.78, 5) is 11.6. The van der Waals surface area contributed by atoms with Crippen LogP contribution < -0.4 is 10.6 Å². The first-order valence-corrected chi connectivity index (χ1v) is 4.63. The molecule has 0 aliphatic carbocycles. The van der Waals surface area contributed by atoms with Crippen molar-refractivity contribution in [3.8, 4) is 0 Å². The van der Waals surface area contributed by atoms with Gasteiger partial charge in [0, 0.05) is 19.7 Å². The van der Waals surface area contributed by atoms with Gasteiger partial charge in [-0.05, 0) is 26.8 Å². The van der Waals surface area contributed by atoms with Crippen LogP contribution in [0, 0.1) is 0 Å². The van der Waals surface area contributed by atoms with Crippen molar-refractivity contribution in [2.45, 2.75) is 31.9 Å². The maximum atomic E-state index is 11.6. The summed E-state index contributed by atoms with van der Waals surface area (Å²) in [6.07, 6.45) is 1.01. The number of methoxy groups -OCH3 is 1. The number of nitrogens with one attached hydrogen (secondary N) is 2. The average molecular weight is 186 g/mol. The number of ether oxygens (including phenoxy) is 1. The van der Waals surface area contributed by atoms with Crippen molar-refractivity contribution in [3.63, 3.8) is 0 Å². The molecule has 1 rings (SSSR count). The van der Waals surface area contributed by atoms with Crippen LogP contribution in [0.2, 0.25) is 0 Å². The summed E-state index contributed by atoms with van der Waals surface area (Å²) in [5, 5.41) is 6.14. The third-order valence-corrected chi connectivity index (χ3v) is 2.45. The van der Waals surface area contributed by atoms with Gasteiger partial charge >= 0.3 is 0 Å². The van der Waals surface area contributed by atoms with Gasteiger partial charge in [-0.25, -0.2) is 0 Å². The van der Waals surface area contributed by atoms with Crippen LogP contribution >= 0.6 is 0 Å². The van der Waals surface area contributed by atoms with E-state index in [0.29, 0.717) is 0 Å². The van der Waals surface area contributed by atoms with Gasteiger partial charge in [0.05, 0.1) is 0 Å². The highest BCUT2D eigenvalue weighted by Crippen LogP contribution is 2.08. The molecule has 0 bridgehead atoms. The van der Waals surface area contributed by atoms with Gasteiger partial charge in [-0.15, -0.1) is 0 Å². The first-order valence-electron chi connectivity index (χ1n) is 4.63. The van der Waals surface area contributed by atoms with Gasteiger partial charge in [-0.3, -0.25) is 4.79 Å². The molecule has 0 aromatic rings. The second kappa shape index (κ2) is 4.07. The first-order chi connectivity index (χ1) is 6.06. The fourth-order valence-electron chi connectivity index (χ4n) is 1.23. The Morgan fingerprint density at radius 1 is 1.62 bits per heavy atom. The summed E-state index contributed by atoms with van der Waals surface area (Å²) in [7, 11) is 1.55. The standard InChI is InChI=1S/C9H18N2O2/c1-9(2,13-3)8(12)11-7-4-5-10-6-7/h7,10H,4-6H2,1-3H3,(H,11,12). The molecular formula is C9H18N2O2. The summed E-state index contributed by atoms with van der Waals surface area (Å²) in [5.41, 5.74) is -0.720. The molecule has 1 heterocycles. The largest absolute Gasteiger partial charge is 0.369 e. The second-order valence-corrected chi connectivity index (χ2v) is 3.88. The molecule has 13 heavy (non-hydrogen) atoms. The smallest absolute Gasteiger partial charge is 0.251 e. The number of hydrogen-bond donors (Lipinski definition) is 2. The molecular weight excluding hydrogens is 168 g/mol. The molecule has 0 aromatic heterocycles. The molecule has 1 aliphatic rings. The van der Waals surface area contributed by atoms with Crippen LogP contribution in [0.5, 0.6) is 0 Å². The van der Waals surface area contributed by atoms with Crippen molar-refractivity contribution in [3.05, 3.63) is 0 Å². The highest BCUT2D eigenvalue weighted by Gasteiger charge is 2.29. The Morgan fingerprint density at radius 2 is 2.31 bits per heavy atom. The van der Waals surface area contributed by atoms with Gasteiger partial charge in [0.1, 0.15) is 5.60 Å². The number of amides is 1. The summed E-state index contributed by atoms with van der Waals surface area (Å²) in [6, 6.07) is 0.266. The van der Waals surface area contributed by atoms with E-state index in [-0.39, 0.29) is 11.9 Å². The molecule has 1 atom stereocenters. The number of hydrogen-bond acceptors (Lipinski definition) is 3. The molecule has 0 aromatic carbocycles. The Bertz CT molecular complexity index is 186. The normalized spacial score (nSPS) is 23.2. The molecule has 0 radical (unpaired) electrons. The summed E-state index contributed by atoms with van der Waals surface area (Å²) in [6.45, 7) is 5.39. The Kier molecular flexibility index (Phi) is 3.27. The third kappa shape index (κ3) is 2.67. The van der Waals surface area contributed by atoms with Gasteiger partial charge in [-0.1, -0.05) is 0 Å². The molecule has 0 spiro atoms. The zero-order valence-corrected chi connectivity index (χ0v) is 8.52. The van der Waals surface area contributed by atoms with Gasteiger partial charge in [0.15, 0.2) is 0 Å². The van der Waals surface area contributed by atoms with Crippen LogP contribution in [0.3, 0.4) is 0 Å². The predicted octanol–water partition coefficient (Wildman–Crippen LogP) is -0.110.